The third kappa shape index (κ3) is 8.20. The van der Waals surface area contributed by atoms with Crippen molar-refractivity contribution in [3.63, 3.8) is 0 Å². The van der Waals surface area contributed by atoms with Gasteiger partial charge in [-0.15, -0.1) is 0 Å². The van der Waals surface area contributed by atoms with Gasteiger partial charge in [-0.25, -0.2) is 0 Å². The third-order valence-electron chi connectivity index (χ3n) is 4.17. The van der Waals surface area contributed by atoms with Gasteiger partial charge in [0.05, 0.1) is 0 Å². The fourth-order valence-electron chi connectivity index (χ4n) is 2.90. The molecule has 1 amide bonds. The fraction of sp³-hybridized carbons (Fsp3) is 0.667. The van der Waals surface area contributed by atoms with Crippen LogP contribution < -0.4 is 5.32 Å². The van der Waals surface area contributed by atoms with E-state index in [4.69, 9.17) is 0 Å². The van der Waals surface area contributed by atoms with E-state index in [1.165, 1.54) is 44.1 Å². The molecule has 0 radical (unpaired) electrons. The number of rotatable bonds is 9. The number of hydrogen-bond donors (Lipinski definition) is 1. The van der Waals surface area contributed by atoms with Crippen molar-refractivity contribution in [2.45, 2.75) is 85.5 Å². The highest BCUT2D eigenvalue weighted by Crippen LogP contribution is 2.29. The van der Waals surface area contributed by atoms with Crippen LogP contribution in [0.5, 0.6) is 0 Å². The first-order valence-electron chi connectivity index (χ1n) is 9.25. The summed E-state index contributed by atoms with van der Waals surface area (Å²) in [6.07, 6.45) is 8.17. The van der Waals surface area contributed by atoms with Crippen molar-refractivity contribution in [3.8, 4) is 0 Å². The molecule has 23 heavy (non-hydrogen) atoms. The van der Waals surface area contributed by atoms with Gasteiger partial charge in [0.25, 0.3) is 0 Å². The van der Waals surface area contributed by atoms with E-state index in [2.05, 4.69) is 64.2 Å². The summed E-state index contributed by atoms with van der Waals surface area (Å²) in [7, 11) is 0. The lowest BCUT2D eigenvalue weighted by molar-refractivity contribution is -0.117. The Kier molecular flexibility index (Phi) is 8.36. The molecule has 1 aromatic rings. The van der Waals surface area contributed by atoms with Crippen molar-refractivity contribution in [3.05, 3.63) is 29.8 Å². The minimum atomic E-state index is 0.0232. The van der Waals surface area contributed by atoms with E-state index in [-0.39, 0.29) is 11.3 Å². The van der Waals surface area contributed by atoms with Crippen molar-refractivity contribution in [1.82, 2.24) is 0 Å². The van der Waals surface area contributed by atoms with E-state index in [1.54, 1.807) is 0 Å². The number of anilines is 1. The molecule has 0 saturated heterocycles. The molecule has 130 valence electrons. The van der Waals surface area contributed by atoms with Gasteiger partial charge in [-0.3, -0.25) is 4.79 Å². The molecular weight excluding hydrogens is 282 g/mol. The molecule has 0 bridgehead atoms. The zero-order valence-corrected chi connectivity index (χ0v) is 15.7. The number of hydrogen-bond acceptors (Lipinski definition) is 1. The zero-order valence-electron chi connectivity index (χ0n) is 15.7. The topological polar surface area (TPSA) is 29.1 Å². The number of benzene rings is 1. The molecular formula is C21H35NO. The summed E-state index contributed by atoms with van der Waals surface area (Å²) < 4.78 is 0. The molecule has 0 fully saturated rings. The summed E-state index contributed by atoms with van der Waals surface area (Å²) in [4.78, 5) is 12.0. The van der Waals surface area contributed by atoms with E-state index < -0.39 is 0 Å². The lowest BCUT2D eigenvalue weighted by Crippen LogP contribution is -2.19. The highest BCUT2D eigenvalue weighted by molar-refractivity contribution is 5.91. The molecule has 0 aliphatic heterocycles. The van der Waals surface area contributed by atoms with Crippen LogP contribution in [0.4, 0.5) is 5.69 Å². The molecule has 0 heterocycles. The van der Waals surface area contributed by atoms with E-state index in [9.17, 15) is 4.79 Å². The molecule has 2 nitrogen and oxygen atoms in total. The van der Waals surface area contributed by atoms with Crippen LogP contribution in [-0.2, 0) is 4.79 Å². The molecule has 2 heteroatoms. The minimum absolute atomic E-state index is 0.0232. The number of carbonyl (C=O) groups is 1. The summed E-state index contributed by atoms with van der Waals surface area (Å²) >= 11 is 0. The lowest BCUT2D eigenvalue weighted by atomic mass is 9.89. The summed E-state index contributed by atoms with van der Waals surface area (Å²) in [5.74, 6) is 0.757. The number of amides is 1. The zero-order chi connectivity index (χ0) is 17.3. The molecule has 0 aliphatic rings. The highest BCUT2D eigenvalue weighted by Gasteiger charge is 2.16. The maximum absolute atomic E-state index is 12.0. The largest absolute Gasteiger partial charge is 0.326 e. The van der Waals surface area contributed by atoms with Gasteiger partial charge in [0.1, 0.15) is 0 Å². The standard InChI is InChI=1S/C21H35NO/c1-6-8-10-17(11-9-7-2)18-12-14-19(15-13-18)22-20(23)16-21(3,4)5/h12-15,17H,6-11,16H2,1-5H3,(H,22,23). The van der Waals surface area contributed by atoms with E-state index in [0.29, 0.717) is 12.3 Å². The maximum Gasteiger partial charge on any atom is 0.224 e. The monoisotopic (exact) mass is 317 g/mol. The molecule has 0 unspecified atom stereocenters. The average Bonchev–Trinajstić information content (AvgIpc) is 2.46. The molecule has 0 aliphatic carbocycles. The fourth-order valence-corrected chi connectivity index (χ4v) is 2.90. The van der Waals surface area contributed by atoms with Gasteiger partial charge >= 0.3 is 0 Å². The van der Waals surface area contributed by atoms with E-state index in [1.807, 2.05) is 0 Å². The normalized spacial score (nSPS) is 11.7. The van der Waals surface area contributed by atoms with Crippen LogP contribution in [0.25, 0.3) is 0 Å². The summed E-state index contributed by atoms with van der Waals surface area (Å²) in [5, 5.41) is 3.01. The van der Waals surface area contributed by atoms with Gasteiger partial charge in [-0.2, -0.15) is 0 Å². The Morgan fingerprint density at radius 3 is 1.96 bits per heavy atom. The van der Waals surface area contributed by atoms with Crippen LogP contribution in [-0.4, -0.2) is 5.91 Å². The van der Waals surface area contributed by atoms with Gasteiger partial charge in [0.2, 0.25) is 5.91 Å². The van der Waals surface area contributed by atoms with Crippen molar-refractivity contribution in [1.29, 1.82) is 0 Å². The van der Waals surface area contributed by atoms with Gasteiger partial charge in [0.15, 0.2) is 0 Å². The van der Waals surface area contributed by atoms with Crippen molar-refractivity contribution in [2.75, 3.05) is 5.32 Å². The predicted octanol–water partition coefficient (Wildman–Crippen LogP) is 6.53. The predicted molar refractivity (Wildman–Crippen MR) is 101 cm³/mol. The third-order valence-corrected chi connectivity index (χ3v) is 4.17. The maximum atomic E-state index is 12.0. The Bertz CT molecular complexity index is 448. The van der Waals surface area contributed by atoms with E-state index >= 15 is 0 Å². The van der Waals surface area contributed by atoms with E-state index in [0.717, 1.165) is 5.69 Å². The first-order chi connectivity index (χ1) is 10.9. The summed E-state index contributed by atoms with van der Waals surface area (Å²) in [5.41, 5.74) is 2.35. The lowest BCUT2D eigenvalue weighted by Gasteiger charge is -2.19. The molecule has 0 saturated carbocycles. The molecule has 1 aromatic carbocycles. The number of unbranched alkanes of at least 4 members (excludes halogenated alkanes) is 2. The van der Waals surface area contributed by atoms with Crippen molar-refractivity contribution < 1.29 is 4.79 Å². The second-order valence-electron chi connectivity index (χ2n) is 7.89. The van der Waals surface area contributed by atoms with Crippen molar-refractivity contribution in [2.24, 2.45) is 5.41 Å². The highest BCUT2D eigenvalue weighted by atomic mass is 16.1. The van der Waals surface area contributed by atoms with Gasteiger partial charge in [-0.1, -0.05) is 72.4 Å². The SMILES string of the molecule is CCCCC(CCCC)c1ccc(NC(=O)CC(C)(C)C)cc1. The van der Waals surface area contributed by atoms with Crippen LogP contribution in [0.2, 0.25) is 0 Å². The minimum Gasteiger partial charge on any atom is -0.326 e. The van der Waals surface area contributed by atoms with Gasteiger partial charge in [0, 0.05) is 12.1 Å². The first-order valence-corrected chi connectivity index (χ1v) is 9.25. The second-order valence-corrected chi connectivity index (χ2v) is 7.89. The Morgan fingerprint density at radius 2 is 1.52 bits per heavy atom. The van der Waals surface area contributed by atoms with Crippen LogP contribution in [0, 0.1) is 5.41 Å². The Labute approximate surface area is 143 Å². The summed E-state index contributed by atoms with van der Waals surface area (Å²) in [6.45, 7) is 10.8. The van der Waals surface area contributed by atoms with Crippen LogP contribution in [0.15, 0.2) is 24.3 Å². The Morgan fingerprint density at radius 1 is 1.00 bits per heavy atom. The van der Waals surface area contributed by atoms with Gasteiger partial charge < -0.3 is 5.32 Å². The number of carbonyl (C=O) groups excluding carboxylic acids is 1. The molecule has 0 aromatic heterocycles. The second kappa shape index (κ2) is 9.75. The Hall–Kier alpha value is -1.31. The number of nitrogens with one attached hydrogen (secondary N) is 1. The summed E-state index contributed by atoms with van der Waals surface area (Å²) in [6, 6.07) is 8.51. The quantitative estimate of drug-likeness (QED) is 0.551. The molecule has 0 spiro atoms. The Balaban J connectivity index is 2.66. The van der Waals surface area contributed by atoms with Crippen LogP contribution in [0.1, 0.15) is 91.0 Å². The smallest absolute Gasteiger partial charge is 0.224 e. The van der Waals surface area contributed by atoms with Crippen LogP contribution in [0.3, 0.4) is 0 Å². The van der Waals surface area contributed by atoms with Crippen molar-refractivity contribution >= 4 is 11.6 Å². The van der Waals surface area contributed by atoms with Crippen LogP contribution >= 0.6 is 0 Å². The average molecular weight is 318 g/mol. The molecule has 0 atom stereocenters. The molecule has 1 rings (SSSR count). The molecule has 1 N–H and O–H groups in total. The first kappa shape index (κ1) is 19.7. The van der Waals surface area contributed by atoms with Gasteiger partial charge in [-0.05, 0) is 41.9 Å².